The van der Waals surface area contributed by atoms with Crippen molar-refractivity contribution in [1.82, 2.24) is 4.90 Å². The minimum Gasteiger partial charge on any atom is -0.508 e. The van der Waals surface area contributed by atoms with Crippen LogP contribution in [0.2, 0.25) is 0 Å². The molecule has 0 spiro atoms. The normalized spacial score (nSPS) is 14.0. The second-order valence-corrected chi connectivity index (χ2v) is 3.91. The molecule has 0 radical (unpaired) electrons. The van der Waals surface area contributed by atoms with E-state index < -0.39 is 18.8 Å². The number of rotatable bonds is 4. The first kappa shape index (κ1) is 13.8. The fourth-order valence-corrected chi connectivity index (χ4v) is 1.79. The van der Waals surface area contributed by atoms with Crippen LogP contribution in [-0.4, -0.2) is 29.3 Å². The predicted octanol–water partition coefficient (Wildman–Crippen LogP) is 3.34. The first-order valence-electron chi connectivity index (χ1n) is 5.44. The van der Waals surface area contributed by atoms with Crippen molar-refractivity contribution in [2.45, 2.75) is 26.1 Å². The summed E-state index contributed by atoms with van der Waals surface area (Å²) in [6, 6.07) is 5.99. The molecule has 2 nitrogen and oxygen atoms in total. The van der Waals surface area contributed by atoms with Gasteiger partial charge >= 0.3 is 6.18 Å². The molecule has 1 aromatic rings. The summed E-state index contributed by atoms with van der Waals surface area (Å²) in [6.45, 7) is 2.63. The smallest absolute Gasteiger partial charge is 0.401 e. The van der Waals surface area contributed by atoms with E-state index in [-0.39, 0.29) is 12.3 Å². The Morgan fingerprint density at radius 1 is 1.29 bits per heavy atom. The zero-order chi connectivity index (χ0) is 13.1. The molecular formula is C12H16F3NO. The number of alkyl halides is 3. The average molecular weight is 247 g/mol. The summed E-state index contributed by atoms with van der Waals surface area (Å²) < 4.78 is 37.1. The van der Waals surface area contributed by atoms with Crippen LogP contribution < -0.4 is 0 Å². The third-order valence-electron chi connectivity index (χ3n) is 2.72. The van der Waals surface area contributed by atoms with Gasteiger partial charge in [0.25, 0.3) is 0 Å². The largest absolute Gasteiger partial charge is 0.508 e. The van der Waals surface area contributed by atoms with Gasteiger partial charge in [-0.1, -0.05) is 25.1 Å². The number of phenolic OH excluding ortho intramolecular Hbond substituents is 1. The van der Waals surface area contributed by atoms with E-state index in [1.807, 2.05) is 0 Å². The van der Waals surface area contributed by atoms with E-state index in [0.717, 1.165) is 0 Å². The van der Waals surface area contributed by atoms with Crippen LogP contribution in [0.15, 0.2) is 24.3 Å². The standard InChI is InChI=1S/C12H16F3NO/c1-3-16(8-12(13,14)15)9(2)10-6-4-5-7-11(10)17/h4-7,9,17H,3,8H2,1-2H3. The third-order valence-corrected chi connectivity index (χ3v) is 2.72. The van der Waals surface area contributed by atoms with Crippen LogP contribution in [0.4, 0.5) is 13.2 Å². The summed E-state index contributed by atoms with van der Waals surface area (Å²) in [4.78, 5) is 1.27. The fourth-order valence-electron chi connectivity index (χ4n) is 1.79. The molecule has 0 saturated carbocycles. The molecule has 1 aromatic carbocycles. The van der Waals surface area contributed by atoms with Gasteiger partial charge in [-0.25, -0.2) is 0 Å². The Labute approximate surface area is 98.7 Å². The maximum absolute atomic E-state index is 12.4. The highest BCUT2D eigenvalue weighted by Gasteiger charge is 2.32. The van der Waals surface area contributed by atoms with Crippen LogP contribution in [-0.2, 0) is 0 Å². The van der Waals surface area contributed by atoms with Gasteiger partial charge in [0.15, 0.2) is 0 Å². The minimum atomic E-state index is -4.23. The number of para-hydroxylation sites is 1. The Bertz CT molecular complexity index is 365. The number of phenols is 1. The maximum Gasteiger partial charge on any atom is 0.401 e. The van der Waals surface area contributed by atoms with Gasteiger partial charge in [-0.15, -0.1) is 0 Å². The van der Waals surface area contributed by atoms with E-state index in [9.17, 15) is 18.3 Å². The highest BCUT2D eigenvalue weighted by molar-refractivity contribution is 5.34. The quantitative estimate of drug-likeness (QED) is 0.882. The van der Waals surface area contributed by atoms with Gasteiger partial charge in [-0.3, -0.25) is 4.90 Å². The highest BCUT2D eigenvalue weighted by Crippen LogP contribution is 2.30. The summed E-state index contributed by atoms with van der Waals surface area (Å²) in [5.74, 6) is 0.0284. The molecule has 0 heterocycles. The molecular weight excluding hydrogens is 231 g/mol. The molecule has 0 aliphatic rings. The third kappa shape index (κ3) is 3.93. The monoisotopic (exact) mass is 247 g/mol. The molecule has 0 aromatic heterocycles. The van der Waals surface area contributed by atoms with Gasteiger partial charge in [0.2, 0.25) is 0 Å². The van der Waals surface area contributed by atoms with Crippen LogP contribution in [0.3, 0.4) is 0 Å². The lowest BCUT2D eigenvalue weighted by Crippen LogP contribution is -2.36. The average Bonchev–Trinajstić information content (AvgIpc) is 2.24. The summed E-state index contributed by atoms with van der Waals surface area (Å²) in [5.41, 5.74) is 0.513. The molecule has 5 heteroatoms. The lowest BCUT2D eigenvalue weighted by atomic mass is 10.1. The van der Waals surface area contributed by atoms with E-state index in [1.54, 1.807) is 32.0 Å². The van der Waals surface area contributed by atoms with Gasteiger partial charge < -0.3 is 5.11 Å². The van der Waals surface area contributed by atoms with Crippen LogP contribution >= 0.6 is 0 Å². The second kappa shape index (κ2) is 5.40. The Morgan fingerprint density at radius 3 is 2.35 bits per heavy atom. The molecule has 96 valence electrons. The SMILES string of the molecule is CCN(CC(F)(F)F)C(C)c1ccccc1O. The van der Waals surface area contributed by atoms with Gasteiger partial charge in [0.1, 0.15) is 5.75 Å². The second-order valence-electron chi connectivity index (χ2n) is 3.91. The Hall–Kier alpha value is -1.23. The molecule has 1 unspecified atom stereocenters. The number of halogens is 3. The molecule has 0 saturated heterocycles. The van der Waals surface area contributed by atoms with E-state index >= 15 is 0 Å². The van der Waals surface area contributed by atoms with Crippen LogP contribution in [0.1, 0.15) is 25.5 Å². The number of aromatic hydroxyl groups is 1. The van der Waals surface area contributed by atoms with Crippen molar-refractivity contribution in [2.75, 3.05) is 13.1 Å². The number of nitrogens with zero attached hydrogens (tertiary/aromatic N) is 1. The predicted molar refractivity (Wildman–Crippen MR) is 59.8 cm³/mol. The highest BCUT2D eigenvalue weighted by atomic mass is 19.4. The van der Waals surface area contributed by atoms with Crippen molar-refractivity contribution >= 4 is 0 Å². The van der Waals surface area contributed by atoms with Gasteiger partial charge in [-0.2, -0.15) is 13.2 Å². The van der Waals surface area contributed by atoms with E-state index in [2.05, 4.69) is 0 Å². The number of hydrogen-bond donors (Lipinski definition) is 1. The molecule has 0 fully saturated rings. The molecule has 0 aliphatic carbocycles. The first-order valence-corrected chi connectivity index (χ1v) is 5.44. The zero-order valence-corrected chi connectivity index (χ0v) is 9.83. The molecule has 1 rings (SSSR count). The van der Waals surface area contributed by atoms with E-state index in [4.69, 9.17) is 0 Å². The Kier molecular flexibility index (Phi) is 4.40. The topological polar surface area (TPSA) is 23.5 Å². The Balaban J connectivity index is 2.87. The molecule has 1 N–H and O–H groups in total. The van der Waals surface area contributed by atoms with Gasteiger partial charge in [-0.05, 0) is 19.5 Å². The van der Waals surface area contributed by atoms with Crippen molar-refractivity contribution < 1.29 is 18.3 Å². The van der Waals surface area contributed by atoms with Crippen molar-refractivity contribution in [3.05, 3.63) is 29.8 Å². The number of benzene rings is 1. The molecule has 0 bridgehead atoms. The van der Waals surface area contributed by atoms with Gasteiger partial charge in [0, 0.05) is 11.6 Å². The zero-order valence-electron chi connectivity index (χ0n) is 9.83. The van der Waals surface area contributed by atoms with Crippen LogP contribution in [0.25, 0.3) is 0 Å². The fraction of sp³-hybridized carbons (Fsp3) is 0.500. The van der Waals surface area contributed by atoms with Crippen molar-refractivity contribution in [1.29, 1.82) is 0 Å². The Morgan fingerprint density at radius 2 is 1.88 bits per heavy atom. The van der Waals surface area contributed by atoms with Crippen LogP contribution in [0, 0.1) is 0 Å². The van der Waals surface area contributed by atoms with Crippen LogP contribution in [0.5, 0.6) is 5.75 Å². The van der Waals surface area contributed by atoms with Crippen molar-refractivity contribution in [2.24, 2.45) is 0 Å². The molecule has 17 heavy (non-hydrogen) atoms. The minimum absolute atomic E-state index is 0.0284. The van der Waals surface area contributed by atoms with Crippen molar-refractivity contribution in [3.63, 3.8) is 0 Å². The van der Waals surface area contributed by atoms with Crippen molar-refractivity contribution in [3.8, 4) is 5.75 Å². The lowest BCUT2D eigenvalue weighted by molar-refractivity contribution is -0.150. The summed E-state index contributed by atoms with van der Waals surface area (Å²) in [7, 11) is 0. The van der Waals surface area contributed by atoms with E-state index in [0.29, 0.717) is 5.56 Å². The molecule has 1 atom stereocenters. The molecule has 0 amide bonds. The van der Waals surface area contributed by atoms with E-state index in [1.165, 1.54) is 11.0 Å². The summed E-state index contributed by atoms with van der Waals surface area (Å²) >= 11 is 0. The molecule has 0 aliphatic heterocycles. The summed E-state index contributed by atoms with van der Waals surface area (Å²) in [5, 5.41) is 9.62. The maximum atomic E-state index is 12.4. The number of hydrogen-bond acceptors (Lipinski definition) is 2. The lowest BCUT2D eigenvalue weighted by Gasteiger charge is -2.29. The van der Waals surface area contributed by atoms with Gasteiger partial charge in [0.05, 0.1) is 6.54 Å². The summed E-state index contributed by atoms with van der Waals surface area (Å²) in [6.07, 6.45) is -4.23. The first-order chi connectivity index (χ1) is 7.85.